The third-order valence-corrected chi connectivity index (χ3v) is 3.56. The highest BCUT2D eigenvalue weighted by Crippen LogP contribution is 2.15. The number of nitrogens with zero attached hydrogens (tertiary/aromatic N) is 4. The second-order valence-electron chi connectivity index (χ2n) is 5.69. The van der Waals surface area contributed by atoms with Crippen LogP contribution < -0.4 is 15.4 Å². The molecule has 0 bridgehead atoms. The van der Waals surface area contributed by atoms with Crippen LogP contribution in [0.3, 0.4) is 0 Å². The summed E-state index contributed by atoms with van der Waals surface area (Å²) in [5.41, 5.74) is 5.54. The molecule has 1 aliphatic heterocycles. The van der Waals surface area contributed by atoms with Gasteiger partial charge >= 0.3 is 0 Å². The molecule has 0 unspecified atom stereocenters. The molecular weight excluding hydrogens is 266 g/mol. The van der Waals surface area contributed by atoms with Crippen molar-refractivity contribution in [2.24, 2.45) is 5.73 Å². The number of hydrogen-bond donors (Lipinski definition) is 1. The highest BCUT2D eigenvalue weighted by molar-refractivity contribution is 5.32. The summed E-state index contributed by atoms with van der Waals surface area (Å²) >= 11 is 0. The van der Waals surface area contributed by atoms with Crippen LogP contribution in [0.1, 0.15) is 26.7 Å². The van der Waals surface area contributed by atoms with Gasteiger partial charge in [-0.05, 0) is 39.8 Å². The molecule has 0 atom stereocenters. The van der Waals surface area contributed by atoms with E-state index in [2.05, 4.69) is 19.8 Å². The lowest BCUT2D eigenvalue weighted by molar-refractivity contribution is 0.231. The van der Waals surface area contributed by atoms with Crippen molar-refractivity contribution < 1.29 is 4.74 Å². The number of ether oxygens (including phenoxy) is 1. The number of hydrogen-bond acceptors (Lipinski definition) is 6. The lowest BCUT2D eigenvalue weighted by Gasteiger charge is -2.34. The number of nitrogens with two attached hydrogens (primary N) is 1. The van der Waals surface area contributed by atoms with Gasteiger partial charge in [-0.15, -0.1) is 0 Å². The van der Waals surface area contributed by atoms with Crippen molar-refractivity contribution in [3.8, 4) is 5.88 Å². The molecule has 0 amide bonds. The minimum absolute atomic E-state index is 0.132. The monoisotopic (exact) mass is 293 g/mol. The van der Waals surface area contributed by atoms with E-state index in [0.717, 1.165) is 51.6 Å². The standard InChI is InChI=1S/C15H27N5O/c1-13(2)21-14-5-7-17-15(18-14)20-11-9-19(10-12-20)8-4-3-6-16/h5,7,13H,3-4,6,8-12,16H2,1-2H3. The van der Waals surface area contributed by atoms with Crippen LogP contribution in [-0.2, 0) is 0 Å². The molecule has 0 saturated carbocycles. The Balaban J connectivity index is 1.84. The summed E-state index contributed by atoms with van der Waals surface area (Å²) in [6.45, 7) is 9.98. The molecule has 0 spiro atoms. The van der Waals surface area contributed by atoms with Gasteiger partial charge in [-0.3, -0.25) is 4.90 Å². The van der Waals surface area contributed by atoms with Gasteiger partial charge in [0.2, 0.25) is 11.8 Å². The second kappa shape index (κ2) is 8.14. The molecule has 1 saturated heterocycles. The molecule has 1 fully saturated rings. The van der Waals surface area contributed by atoms with Crippen LogP contribution in [0.4, 0.5) is 5.95 Å². The maximum Gasteiger partial charge on any atom is 0.228 e. The number of aromatic nitrogens is 2. The third-order valence-electron chi connectivity index (χ3n) is 3.56. The van der Waals surface area contributed by atoms with Gasteiger partial charge in [-0.2, -0.15) is 4.98 Å². The topological polar surface area (TPSA) is 67.5 Å². The smallest absolute Gasteiger partial charge is 0.228 e. The summed E-state index contributed by atoms with van der Waals surface area (Å²) in [6.07, 6.45) is 4.20. The van der Waals surface area contributed by atoms with Gasteiger partial charge in [-0.25, -0.2) is 4.98 Å². The molecule has 1 aromatic rings. The molecule has 6 nitrogen and oxygen atoms in total. The average Bonchev–Trinajstić information content (AvgIpc) is 2.48. The van der Waals surface area contributed by atoms with Crippen molar-refractivity contribution >= 4 is 5.95 Å². The molecule has 0 aliphatic carbocycles. The lowest BCUT2D eigenvalue weighted by Crippen LogP contribution is -2.47. The van der Waals surface area contributed by atoms with Crippen molar-refractivity contribution in [1.82, 2.24) is 14.9 Å². The van der Waals surface area contributed by atoms with E-state index >= 15 is 0 Å². The van der Waals surface area contributed by atoms with Crippen LogP contribution in [0.15, 0.2) is 12.3 Å². The Morgan fingerprint density at radius 2 is 2.00 bits per heavy atom. The SMILES string of the molecule is CC(C)Oc1ccnc(N2CCN(CCCCN)CC2)n1. The van der Waals surface area contributed by atoms with Gasteiger partial charge in [0.25, 0.3) is 0 Å². The summed E-state index contributed by atoms with van der Waals surface area (Å²) < 4.78 is 5.63. The molecule has 21 heavy (non-hydrogen) atoms. The Bertz CT molecular complexity index is 418. The molecule has 118 valence electrons. The predicted molar refractivity (Wildman–Crippen MR) is 84.7 cm³/mol. The minimum atomic E-state index is 0.132. The zero-order chi connectivity index (χ0) is 15.1. The zero-order valence-electron chi connectivity index (χ0n) is 13.2. The van der Waals surface area contributed by atoms with E-state index in [9.17, 15) is 0 Å². The molecule has 6 heteroatoms. The fourth-order valence-electron chi connectivity index (χ4n) is 2.44. The molecule has 1 aliphatic rings. The molecule has 2 heterocycles. The molecular formula is C15H27N5O. The summed E-state index contributed by atoms with van der Waals surface area (Å²) in [7, 11) is 0. The highest BCUT2D eigenvalue weighted by atomic mass is 16.5. The first-order valence-corrected chi connectivity index (χ1v) is 7.86. The van der Waals surface area contributed by atoms with E-state index in [4.69, 9.17) is 10.5 Å². The first kappa shape index (κ1) is 16.0. The fraction of sp³-hybridized carbons (Fsp3) is 0.733. The van der Waals surface area contributed by atoms with E-state index in [1.807, 2.05) is 19.9 Å². The quantitative estimate of drug-likeness (QED) is 0.760. The fourth-order valence-corrected chi connectivity index (χ4v) is 2.44. The maximum atomic E-state index is 5.63. The molecule has 0 radical (unpaired) electrons. The van der Waals surface area contributed by atoms with Crippen molar-refractivity contribution in [3.05, 3.63) is 12.3 Å². The molecule has 0 aromatic carbocycles. The van der Waals surface area contributed by atoms with Crippen molar-refractivity contribution in [3.63, 3.8) is 0 Å². The molecule has 1 aromatic heterocycles. The maximum absolute atomic E-state index is 5.63. The van der Waals surface area contributed by atoms with Gasteiger partial charge < -0.3 is 15.4 Å². The van der Waals surface area contributed by atoms with E-state index < -0.39 is 0 Å². The van der Waals surface area contributed by atoms with E-state index in [-0.39, 0.29) is 6.10 Å². The summed E-state index contributed by atoms with van der Waals surface area (Å²) in [6, 6.07) is 1.81. The Hall–Kier alpha value is -1.40. The first-order chi connectivity index (χ1) is 10.2. The highest BCUT2D eigenvalue weighted by Gasteiger charge is 2.19. The van der Waals surface area contributed by atoms with Gasteiger partial charge in [-0.1, -0.05) is 0 Å². The predicted octanol–water partition coefficient (Wildman–Crippen LogP) is 1.12. The third kappa shape index (κ3) is 5.13. The Labute approximate surface area is 127 Å². The van der Waals surface area contributed by atoms with Crippen LogP contribution in [0.25, 0.3) is 0 Å². The zero-order valence-corrected chi connectivity index (χ0v) is 13.2. The van der Waals surface area contributed by atoms with Crippen molar-refractivity contribution in [2.75, 3.05) is 44.2 Å². The molecule has 2 rings (SSSR count). The summed E-state index contributed by atoms with van der Waals surface area (Å²) in [4.78, 5) is 13.6. The number of anilines is 1. The van der Waals surface area contributed by atoms with Gasteiger partial charge in [0.1, 0.15) is 0 Å². The normalized spacial score (nSPS) is 16.5. The summed E-state index contributed by atoms with van der Waals surface area (Å²) in [5.74, 6) is 1.43. The van der Waals surface area contributed by atoms with Crippen LogP contribution in [-0.4, -0.2) is 60.2 Å². The van der Waals surface area contributed by atoms with Gasteiger partial charge in [0.05, 0.1) is 6.10 Å². The largest absolute Gasteiger partial charge is 0.475 e. The van der Waals surface area contributed by atoms with E-state index in [0.29, 0.717) is 5.88 Å². The lowest BCUT2D eigenvalue weighted by atomic mass is 10.2. The van der Waals surface area contributed by atoms with Crippen LogP contribution in [0.2, 0.25) is 0 Å². The van der Waals surface area contributed by atoms with Gasteiger partial charge in [0, 0.05) is 38.4 Å². The van der Waals surface area contributed by atoms with E-state index in [1.54, 1.807) is 6.20 Å². The Kier molecular flexibility index (Phi) is 6.20. The average molecular weight is 293 g/mol. The van der Waals surface area contributed by atoms with Crippen molar-refractivity contribution in [1.29, 1.82) is 0 Å². The first-order valence-electron chi connectivity index (χ1n) is 7.86. The Morgan fingerprint density at radius 1 is 1.24 bits per heavy atom. The van der Waals surface area contributed by atoms with Crippen LogP contribution in [0.5, 0.6) is 5.88 Å². The number of piperazine rings is 1. The van der Waals surface area contributed by atoms with E-state index in [1.165, 1.54) is 6.42 Å². The molecule has 2 N–H and O–H groups in total. The Morgan fingerprint density at radius 3 is 2.67 bits per heavy atom. The minimum Gasteiger partial charge on any atom is -0.475 e. The summed E-state index contributed by atoms with van der Waals surface area (Å²) in [5, 5.41) is 0. The van der Waals surface area contributed by atoms with Gasteiger partial charge in [0.15, 0.2) is 0 Å². The van der Waals surface area contributed by atoms with Crippen molar-refractivity contribution in [2.45, 2.75) is 32.8 Å². The number of rotatable bonds is 7. The van der Waals surface area contributed by atoms with Crippen LogP contribution in [0, 0.1) is 0 Å². The van der Waals surface area contributed by atoms with Crippen LogP contribution >= 0.6 is 0 Å². The number of unbranched alkanes of at least 4 members (excludes halogenated alkanes) is 1. The second-order valence-corrected chi connectivity index (χ2v) is 5.69.